The molecule has 3 aromatic rings. The Labute approximate surface area is 165 Å². The highest BCUT2D eigenvalue weighted by atomic mass is 16.5. The Morgan fingerprint density at radius 2 is 1.71 bits per heavy atom. The molecule has 5 heteroatoms. The first-order chi connectivity index (χ1) is 13.6. The van der Waals surface area contributed by atoms with E-state index in [4.69, 9.17) is 4.74 Å². The van der Waals surface area contributed by atoms with Gasteiger partial charge in [-0.05, 0) is 32.0 Å². The number of rotatable bonds is 5. The fourth-order valence-electron chi connectivity index (χ4n) is 4.21. The molecular weight excluding hydrogens is 350 g/mol. The Hall–Kier alpha value is -2.79. The van der Waals surface area contributed by atoms with E-state index in [2.05, 4.69) is 20.9 Å². The van der Waals surface area contributed by atoms with Crippen molar-refractivity contribution in [3.05, 3.63) is 59.8 Å². The molecule has 5 nitrogen and oxygen atoms in total. The molecule has 0 aliphatic carbocycles. The topological polar surface area (TPSA) is 48.6 Å². The third-order valence-corrected chi connectivity index (χ3v) is 5.81. The van der Waals surface area contributed by atoms with Crippen molar-refractivity contribution in [1.29, 1.82) is 0 Å². The lowest BCUT2D eigenvalue weighted by Gasteiger charge is -2.39. The van der Waals surface area contributed by atoms with Crippen molar-refractivity contribution >= 4 is 22.4 Å². The van der Waals surface area contributed by atoms with Gasteiger partial charge in [-0.25, -0.2) is 0 Å². The van der Waals surface area contributed by atoms with Gasteiger partial charge in [0.15, 0.2) is 5.78 Å². The Morgan fingerprint density at radius 1 is 1.04 bits per heavy atom. The molecule has 0 unspecified atom stereocenters. The normalized spacial score (nSPS) is 16.3. The van der Waals surface area contributed by atoms with Crippen LogP contribution in [0.25, 0.3) is 10.9 Å². The highest BCUT2D eigenvalue weighted by Gasteiger charge is 2.29. The van der Waals surface area contributed by atoms with E-state index in [0.29, 0.717) is 0 Å². The number of piperazine rings is 1. The molecule has 1 aliphatic heterocycles. The number of nitrogens with zero attached hydrogens (tertiary/aromatic N) is 2. The average Bonchev–Trinajstić information content (AvgIpc) is 3.08. The summed E-state index contributed by atoms with van der Waals surface area (Å²) in [5.41, 5.74) is 3.92. The Morgan fingerprint density at radius 3 is 2.46 bits per heavy atom. The van der Waals surface area contributed by atoms with Gasteiger partial charge in [-0.3, -0.25) is 9.69 Å². The number of aromatic nitrogens is 1. The molecule has 1 atom stereocenters. The van der Waals surface area contributed by atoms with Crippen LogP contribution in [0, 0.1) is 6.92 Å². The molecule has 0 spiro atoms. The SMILES string of the molecule is COc1ccccc1N1CCN([C@@H](C)C(=O)c2c(C)[nH]c3ccccc23)CC1. The number of carbonyl (C=O) groups excluding carboxylic acids is 1. The molecule has 146 valence electrons. The van der Waals surface area contributed by atoms with Crippen LogP contribution in [0.1, 0.15) is 23.0 Å². The largest absolute Gasteiger partial charge is 0.495 e. The minimum Gasteiger partial charge on any atom is -0.495 e. The summed E-state index contributed by atoms with van der Waals surface area (Å²) in [5, 5.41) is 1.02. The van der Waals surface area contributed by atoms with Crippen LogP contribution in [0.5, 0.6) is 5.75 Å². The zero-order valence-electron chi connectivity index (χ0n) is 16.7. The number of carbonyl (C=O) groups is 1. The number of para-hydroxylation sites is 3. The predicted molar refractivity (Wildman–Crippen MR) is 114 cm³/mol. The number of benzene rings is 2. The summed E-state index contributed by atoms with van der Waals surface area (Å²) in [7, 11) is 1.71. The molecule has 28 heavy (non-hydrogen) atoms. The Balaban J connectivity index is 1.48. The molecule has 2 aromatic carbocycles. The number of hydrogen-bond acceptors (Lipinski definition) is 4. The minimum absolute atomic E-state index is 0.141. The number of ketones is 1. The van der Waals surface area contributed by atoms with E-state index in [1.54, 1.807) is 7.11 Å². The molecule has 1 aromatic heterocycles. The van der Waals surface area contributed by atoms with E-state index in [-0.39, 0.29) is 11.8 Å². The van der Waals surface area contributed by atoms with Crippen LogP contribution in [-0.2, 0) is 0 Å². The summed E-state index contributed by atoms with van der Waals surface area (Å²) in [6, 6.07) is 16.0. The summed E-state index contributed by atoms with van der Waals surface area (Å²) in [6.45, 7) is 7.48. The number of fused-ring (bicyclic) bond motifs is 1. The highest BCUT2D eigenvalue weighted by molar-refractivity contribution is 6.11. The van der Waals surface area contributed by atoms with E-state index in [9.17, 15) is 4.79 Å². The van der Waals surface area contributed by atoms with Crippen molar-refractivity contribution < 1.29 is 9.53 Å². The lowest BCUT2D eigenvalue weighted by molar-refractivity contribution is 0.0831. The van der Waals surface area contributed by atoms with Gasteiger partial charge in [0.05, 0.1) is 18.8 Å². The van der Waals surface area contributed by atoms with Crippen molar-refractivity contribution in [3.8, 4) is 5.75 Å². The molecule has 0 amide bonds. The summed E-state index contributed by atoms with van der Waals surface area (Å²) >= 11 is 0. The van der Waals surface area contributed by atoms with Crippen molar-refractivity contribution in [2.24, 2.45) is 0 Å². The number of Topliss-reactive ketones (excluding diaryl/α,β-unsaturated/α-hetero) is 1. The maximum absolute atomic E-state index is 13.3. The van der Waals surface area contributed by atoms with Crippen molar-refractivity contribution in [1.82, 2.24) is 9.88 Å². The minimum atomic E-state index is -0.141. The Kier molecular flexibility index (Phi) is 5.09. The van der Waals surface area contributed by atoms with Gasteiger partial charge < -0.3 is 14.6 Å². The number of ether oxygens (including phenoxy) is 1. The van der Waals surface area contributed by atoms with Gasteiger partial charge in [-0.2, -0.15) is 0 Å². The zero-order chi connectivity index (χ0) is 19.7. The lowest BCUT2D eigenvalue weighted by atomic mass is 10.0. The van der Waals surface area contributed by atoms with Gasteiger partial charge in [-0.15, -0.1) is 0 Å². The molecule has 1 N–H and O–H groups in total. The number of aromatic amines is 1. The van der Waals surface area contributed by atoms with E-state index >= 15 is 0 Å². The fourth-order valence-corrected chi connectivity index (χ4v) is 4.21. The number of methoxy groups -OCH3 is 1. The first-order valence-corrected chi connectivity index (χ1v) is 9.83. The van der Waals surface area contributed by atoms with Gasteiger partial charge in [-0.1, -0.05) is 30.3 Å². The molecule has 2 heterocycles. The van der Waals surface area contributed by atoms with Crippen LogP contribution in [-0.4, -0.2) is 55.0 Å². The summed E-state index contributed by atoms with van der Waals surface area (Å²) < 4.78 is 5.50. The molecule has 0 saturated carbocycles. The molecule has 0 radical (unpaired) electrons. The summed E-state index contributed by atoms with van der Waals surface area (Å²) in [6.07, 6.45) is 0. The molecule has 1 aliphatic rings. The molecule has 4 rings (SSSR count). The van der Waals surface area contributed by atoms with Crippen LogP contribution in [0.2, 0.25) is 0 Å². The molecular formula is C23H27N3O2. The van der Waals surface area contributed by atoms with E-state index in [1.807, 2.05) is 56.3 Å². The standard InChI is InChI=1S/C23H27N3O2/c1-16-22(18-8-4-5-9-19(18)24-16)23(27)17(2)25-12-14-26(15-13-25)20-10-6-7-11-21(20)28-3/h4-11,17,24H,12-15H2,1-3H3/t17-/m0/s1. The third-order valence-electron chi connectivity index (χ3n) is 5.81. The van der Waals surface area contributed by atoms with Crippen LogP contribution in [0.4, 0.5) is 5.69 Å². The van der Waals surface area contributed by atoms with Crippen molar-refractivity contribution in [3.63, 3.8) is 0 Å². The maximum Gasteiger partial charge on any atom is 0.182 e. The van der Waals surface area contributed by atoms with Crippen molar-refractivity contribution in [2.75, 3.05) is 38.2 Å². The highest BCUT2D eigenvalue weighted by Crippen LogP contribution is 2.29. The van der Waals surface area contributed by atoms with Crippen molar-refractivity contribution in [2.45, 2.75) is 19.9 Å². The van der Waals surface area contributed by atoms with E-state index in [1.165, 1.54) is 0 Å². The Bertz CT molecular complexity index is 986. The lowest BCUT2D eigenvalue weighted by Crippen LogP contribution is -2.51. The van der Waals surface area contributed by atoms with Crippen LogP contribution in [0.15, 0.2) is 48.5 Å². The molecule has 1 fully saturated rings. The quantitative estimate of drug-likeness (QED) is 0.686. The van der Waals surface area contributed by atoms with Gasteiger partial charge in [0.25, 0.3) is 0 Å². The van der Waals surface area contributed by atoms with Crippen LogP contribution in [0.3, 0.4) is 0 Å². The number of aryl methyl sites for hydroxylation is 1. The average molecular weight is 377 g/mol. The second-order valence-electron chi connectivity index (χ2n) is 7.41. The summed E-state index contributed by atoms with van der Waals surface area (Å²) in [4.78, 5) is 21.3. The second kappa shape index (κ2) is 7.68. The first kappa shape index (κ1) is 18.6. The number of nitrogens with one attached hydrogen (secondary N) is 1. The van der Waals surface area contributed by atoms with Gasteiger partial charge >= 0.3 is 0 Å². The van der Waals surface area contributed by atoms with Gasteiger partial charge in [0.1, 0.15) is 5.75 Å². The fraction of sp³-hybridized carbons (Fsp3) is 0.348. The number of H-pyrrole nitrogens is 1. The van der Waals surface area contributed by atoms with Gasteiger partial charge in [0.2, 0.25) is 0 Å². The summed E-state index contributed by atoms with van der Waals surface area (Å²) in [5.74, 6) is 1.09. The smallest absolute Gasteiger partial charge is 0.182 e. The van der Waals surface area contributed by atoms with Crippen LogP contribution >= 0.6 is 0 Å². The van der Waals surface area contributed by atoms with E-state index in [0.717, 1.165) is 59.8 Å². The number of anilines is 1. The molecule has 1 saturated heterocycles. The maximum atomic E-state index is 13.3. The predicted octanol–water partition coefficient (Wildman–Crippen LogP) is 3.88. The zero-order valence-corrected chi connectivity index (χ0v) is 16.7. The third kappa shape index (κ3) is 3.27. The monoisotopic (exact) mass is 377 g/mol. The number of hydrogen-bond donors (Lipinski definition) is 1. The van der Waals surface area contributed by atoms with Gasteiger partial charge in [0, 0.05) is 48.3 Å². The van der Waals surface area contributed by atoms with Crippen LogP contribution < -0.4 is 9.64 Å². The molecule has 0 bridgehead atoms. The first-order valence-electron chi connectivity index (χ1n) is 9.83. The second-order valence-corrected chi connectivity index (χ2v) is 7.41. The van der Waals surface area contributed by atoms with E-state index < -0.39 is 0 Å².